The van der Waals surface area contributed by atoms with E-state index in [9.17, 15) is 4.39 Å². The summed E-state index contributed by atoms with van der Waals surface area (Å²) in [6.07, 6.45) is 1.60. The van der Waals surface area contributed by atoms with Crippen molar-refractivity contribution >= 4 is 11.6 Å². The van der Waals surface area contributed by atoms with E-state index in [4.69, 9.17) is 16.7 Å². The van der Waals surface area contributed by atoms with Gasteiger partial charge >= 0.3 is 0 Å². The molecule has 0 spiro atoms. The van der Waals surface area contributed by atoms with E-state index >= 15 is 0 Å². The molecule has 0 saturated heterocycles. The first-order valence-corrected chi connectivity index (χ1v) is 5.09. The second-order valence-corrected chi connectivity index (χ2v) is 3.72. The highest BCUT2D eigenvalue weighted by Gasteiger charge is 2.04. The summed E-state index contributed by atoms with van der Waals surface area (Å²) in [5.74, 6) is -0.283. The molecule has 0 aliphatic carbocycles. The average molecular weight is 238 g/mol. The first-order valence-electron chi connectivity index (χ1n) is 4.72. The van der Waals surface area contributed by atoms with Crippen molar-refractivity contribution in [1.82, 2.24) is 4.98 Å². The number of hydrogen-bond acceptors (Lipinski definition) is 2. The Morgan fingerprint density at radius 2 is 1.88 bits per heavy atom. The van der Waals surface area contributed by atoms with Crippen molar-refractivity contribution in [3.8, 4) is 11.1 Å². The normalized spacial score (nSPS) is 10.4. The van der Waals surface area contributed by atoms with Gasteiger partial charge in [0.15, 0.2) is 0 Å². The molecule has 0 aliphatic rings. The molecule has 2 rings (SSSR count). The lowest BCUT2D eigenvalue weighted by Gasteiger charge is -2.04. The smallest absolute Gasteiger partial charge is 0.123 e. The Kier molecular flexibility index (Phi) is 3.17. The van der Waals surface area contributed by atoms with E-state index in [1.807, 2.05) is 0 Å². The van der Waals surface area contributed by atoms with Crippen LogP contribution in [0.5, 0.6) is 0 Å². The Morgan fingerprint density at radius 1 is 1.19 bits per heavy atom. The number of rotatable bonds is 2. The number of pyridine rings is 1. The molecule has 82 valence electrons. The Balaban J connectivity index is 2.41. The van der Waals surface area contributed by atoms with Gasteiger partial charge in [-0.3, -0.25) is 4.98 Å². The van der Waals surface area contributed by atoms with Crippen molar-refractivity contribution in [3.05, 3.63) is 53.1 Å². The number of benzene rings is 1. The Hall–Kier alpha value is -1.45. The topological polar surface area (TPSA) is 33.1 Å². The zero-order chi connectivity index (χ0) is 11.5. The molecule has 0 atom stereocenters. The molecular weight excluding hydrogens is 229 g/mol. The lowest BCUT2D eigenvalue weighted by Crippen LogP contribution is -1.91. The first-order chi connectivity index (χ1) is 7.70. The third-order valence-corrected chi connectivity index (χ3v) is 2.57. The molecular formula is C12H9ClFNO. The van der Waals surface area contributed by atoms with Crippen LogP contribution in [-0.2, 0) is 6.61 Å². The second-order valence-electron chi connectivity index (χ2n) is 3.32. The SMILES string of the molecule is OCc1ncc(-c2ccc(F)cc2)cc1Cl. The van der Waals surface area contributed by atoms with Gasteiger partial charge in [0, 0.05) is 11.8 Å². The minimum atomic E-state index is -0.283. The Labute approximate surface area is 97.3 Å². The molecule has 2 aromatic rings. The molecule has 0 saturated carbocycles. The summed E-state index contributed by atoms with van der Waals surface area (Å²) in [5.41, 5.74) is 2.06. The van der Waals surface area contributed by atoms with E-state index < -0.39 is 0 Å². The van der Waals surface area contributed by atoms with Crippen LogP contribution in [0.15, 0.2) is 36.5 Å². The standard InChI is InChI=1S/C12H9ClFNO/c13-11-5-9(6-15-12(11)7-16)8-1-3-10(14)4-2-8/h1-6,16H,7H2. The van der Waals surface area contributed by atoms with Gasteiger partial charge in [0.05, 0.1) is 17.3 Å². The Bertz CT molecular complexity index is 499. The van der Waals surface area contributed by atoms with Gasteiger partial charge in [-0.2, -0.15) is 0 Å². The zero-order valence-electron chi connectivity index (χ0n) is 8.32. The quantitative estimate of drug-likeness (QED) is 0.871. The Morgan fingerprint density at radius 3 is 2.44 bits per heavy atom. The van der Waals surface area contributed by atoms with Gasteiger partial charge in [0.1, 0.15) is 5.82 Å². The van der Waals surface area contributed by atoms with Gasteiger partial charge < -0.3 is 5.11 Å². The highest BCUT2D eigenvalue weighted by Crippen LogP contribution is 2.24. The van der Waals surface area contributed by atoms with Crippen LogP contribution in [0.3, 0.4) is 0 Å². The largest absolute Gasteiger partial charge is 0.390 e. The van der Waals surface area contributed by atoms with Crippen molar-refractivity contribution in [2.75, 3.05) is 0 Å². The third-order valence-electron chi connectivity index (χ3n) is 2.24. The minimum absolute atomic E-state index is 0.192. The number of halogens is 2. The fraction of sp³-hybridized carbons (Fsp3) is 0.0833. The predicted molar refractivity (Wildman–Crippen MR) is 60.6 cm³/mol. The molecule has 1 aromatic carbocycles. The first kappa shape index (κ1) is 11.0. The summed E-state index contributed by atoms with van der Waals surface area (Å²) in [5, 5.41) is 9.33. The molecule has 16 heavy (non-hydrogen) atoms. The van der Waals surface area contributed by atoms with Crippen molar-refractivity contribution in [1.29, 1.82) is 0 Å². The zero-order valence-corrected chi connectivity index (χ0v) is 9.08. The number of nitrogens with zero attached hydrogens (tertiary/aromatic N) is 1. The maximum Gasteiger partial charge on any atom is 0.123 e. The molecule has 0 bridgehead atoms. The molecule has 2 nitrogen and oxygen atoms in total. The van der Waals surface area contributed by atoms with E-state index in [0.717, 1.165) is 11.1 Å². The van der Waals surface area contributed by atoms with Gasteiger partial charge in [-0.1, -0.05) is 23.7 Å². The van der Waals surface area contributed by atoms with E-state index in [0.29, 0.717) is 10.7 Å². The van der Waals surface area contributed by atoms with Crippen molar-refractivity contribution in [3.63, 3.8) is 0 Å². The summed E-state index contributed by atoms with van der Waals surface area (Å²) in [6.45, 7) is -0.192. The maximum atomic E-state index is 12.7. The van der Waals surface area contributed by atoms with E-state index in [-0.39, 0.29) is 12.4 Å². The molecule has 0 fully saturated rings. The second kappa shape index (κ2) is 4.60. The van der Waals surface area contributed by atoms with Crippen LogP contribution >= 0.6 is 11.6 Å². The lowest BCUT2D eigenvalue weighted by atomic mass is 10.1. The number of hydrogen-bond donors (Lipinski definition) is 1. The average Bonchev–Trinajstić information content (AvgIpc) is 2.30. The van der Waals surface area contributed by atoms with Crippen LogP contribution in [-0.4, -0.2) is 10.1 Å². The molecule has 1 aromatic heterocycles. The van der Waals surface area contributed by atoms with Crippen LogP contribution in [0.1, 0.15) is 5.69 Å². The van der Waals surface area contributed by atoms with E-state index in [1.165, 1.54) is 12.1 Å². The molecule has 4 heteroatoms. The van der Waals surface area contributed by atoms with Crippen LogP contribution in [0, 0.1) is 5.82 Å². The van der Waals surface area contributed by atoms with Crippen molar-refractivity contribution in [2.24, 2.45) is 0 Å². The fourth-order valence-corrected chi connectivity index (χ4v) is 1.61. The summed E-state index contributed by atoms with van der Waals surface area (Å²) in [4.78, 5) is 4.02. The van der Waals surface area contributed by atoms with E-state index in [1.54, 1.807) is 24.4 Å². The molecule has 1 N–H and O–H groups in total. The van der Waals surface area contributed by atoms with Crippen LogP contribution in [0.2, 0.25) is 5.02 Å². The van der Waals surface area contributed by atoms with Crippen LogP contribution in [0.25, 0.3) is 11.1 Å². The highest BCUT2D eigenvalue weighted by atomic mass is 35.5. The summed E-state index contributed by atoms with van der Waals surface area (Å²) < 4.78 is 12.7. The summed E-state index contributed by atoms with van der Waals surface area (Å²) in [6, 6.07) is 7.77. The fourth-order valence-electron chi connectivity index (χ4n) is 1.38. The molecule has 1 heterocycles. The maximum absolute atomic E-state index is 12.7. The molecule has 0 unspecified atom stereocenters. The number of aliphatic hydroxyl groups excluding tert-OH is 1. The number of aromatic nitrogens is 1. The van der Waals surface area contributed by atoms with Gasteiger partial charge in [-0.05, 0) is 23.8 Å². The van der Waals surface area contributed by atoms with E-state index in [2.05, 4.69) is 4.98 Å². The van der Waals surface area contributed by atoms with Gasteiger partial charge in [0.25, 0.3) is 0 Å². The van der Waals surface area contributed by atoms with Crippen molar-refractivity contribution < 1.29 is 9.50 Å². The summed E-state index contributed by atoms with van der Waals surface area (Å²) in [7, 11) is 0. The van der Waals surface area contributed by atoms with Crippen LogP contribution in [0.4, 0.5) is 4.39 Å². The molecule has 0 amide bonds. The minimum Gasteiger partial charge on any atom is -0.390 e. The van der Waals surface area contributed by atoms with Gasteiger partial charge in [-0.25, -0.2) is 4.39 Å². The predicted octanol–water partition coefficient (Wildman–Crippen LogP) is 3.03. The van der Waals surface area contributed by atoms with Gasteiger partial charge in [-0.15, -0.1) is 0 Å². The molecule has 0 radical (unpaired) electrons. The third kappa shape index (κ3) is 2.21. The lowest BCUT2D eigenvalue weighted by molar-refractivity contribution is 0.277. The van der Waals surface area contributed by atoms with Crippen LogP contribution < -0.4 is 0 Å². The molecule has 0 aliphatic heterocycles. The van der Waals surface area contributed by atoms with Crippen molar-refractivity contribution in [2.45, 2.75) is 6.61 Å². The number of aliphatic hydroxyl groups is 1. The van der Waals surface area contributed by atoms with Gasteiger partial charge in [0.2, 0.25) is 0 Å². The highest BCUT2D eigenvalue weighted by molar-refractivity contribution is 6.31. The summed E-state index contributed by atoms with van der Waals surface area (Å²) >= 11 is 5.91. The monoisotopic (exact) mass is 237 g/mol.